The lowest BCUT2D eigenvalue weighted by atomic mass is 10.1. The minimum Gasteiger partial charge on any atom is -0.357 e. The third-order valence-electron chi connectivity index (χ3n) is 3.61. The van der Waals surface area contributed by atoms with E-state index in [1.54, 1.807) is 18.2 Å². The normalized spacial score (nSPS) is 22.6. The van der Waals surface area contributed by atoms with Gasteiger partial charge in [-0.1, -0.05) is 35.9 Å². The zero-order valence-electron chi connectivity index (χ0n) is 12.6. The maximum absolute atomic E-state index is 12.9. The average Bonchev–Trinajstić information content (AvgIpc) is 2.90. The molecular formula is C17H14ClF3N2S. The number of hydrogen-bond acceptors (Lipinski definition) is 2. The van der Waals surface area contributed by atoms with Crippen LogP contribution < -0.4 is 5.32 Å². The Balaban J connectivity index is 1.85. The fraction of sp³-hybridized carbons (Fsp3) is 0.235. The van der Waals surface area contributed by atoms with E-state index in [1.165, 1.54) is 23.9 Å². The molecule has 0 aliphatic carbocycles. The van der Waals surface area contributed by atoms with Gasteiger partial charge in [0.2, 0.25) is 0 Å². The summed E-state index contributed by atoms with van der Waals surface area (Å²) in [5.74, 6) is 0.704. The van der Waals surface area contributed by atoms with E-state index in [1.807, 2.05) is 19.1 Å². The SMILES string of the molecule is CC1SC(c2cccc(C(F)(F)F)c2)NC1=Nc1ccccc1Cl. The summed E-state index contributed by atoms with van der Waals surface area (Å²) in [4.78, 5) is 4.52. The van der Waals surface area contributed by atoms with E-state index < -0.39 is 11.7 Å². The zero-order valence-corrected chi connectivity index (χ0v) is 14.2. The number of aliphatic imine (C=N–C) groups is 1. The maximum atomic E-state index is 12.9. The first-order chi connectivity index (χ1) is 11.3. The molecule has 2 nitrogen and oxygen atoms in total. The van der Waals surface area contributed by atoms with Crippen LogP contribution >= 0.6 is 23.4 Å². The summed E-state index contributed by atoms with van der Waals surface area (Å²) >= 11 is 7.63. The maximum Gasteiger partial charge on any atom is 0.416 e. The van der Waals surface area contributed by atoms with Gasteiger partial charge in [0, 0.05) is 0 Å². The second-order valence-corrected chi connectivity index (χ2v) is 7.23. The third-order valence-corrected chi connectivity index (χ3v) is 5.23. The van der Waals surface area contributed by atoms with Crippen molar-refractivity contribution < 1.29 is 13.2 Å². The fourth-order valence-electron chi connectivity index (χ4n) is 2.39. The van der Waals surface area contributed by atoms with Crippen molar-refractivity contribution in [1.29, 1.82) is 0 Å². The van der Waals surface area contributed by atoms with E-state index >= 15 is 0 Å². The summed E-state index contributed by atoms with van der Waals surface area (Å²) in [6.07, 6.45) is -4.35. The quantitative estimate of drug-likeness (QED) is 0.721. The molecule has 3 rings (SSSR count). The van der Waals surface area contributed by atoms with Crippen molar-refractivity contribution in [2.75, 3.05) is 0 Å². The van der Waals surface area contributed by atoms with Gasteiger partial charge in [0.05, 0.1) is 26.9 Å². The standard InChI is InChI=1S/C17H14ClF3N2S/c1-10-15(22-14-8-3-2-7-13(14)18)23-16(24-10)11-5-4-6-12(9-11)17(19,20)21/h2-10,16H,1H3,(H,22,23). The molecule has 7 heteroatoms. The number of nitrogens with zero attached hydrogens (tertiary/aromatic N) is 1. The summed E-state index contributed by atoms with van der Waals surface area (Å²) in [5, 5.41) is 3.49. The van der Waals surface area contributed by atoms with Gasteiger partial charge in [0.1, 0.15) is 5.84 Å². The van der Waals surface area contributed by atoms with Crippen molar-refractivity contribution in [3.8, 4) is 0 Å². The van der Waals surface area contributed by atoms with Gasteiger partial charge in [-0.3, -0.25) is 0 Å². The molecule has 24 heavy (non-hydrogen) atoms. The molecule has 1 heterocycles. The van der Waals surface area contributed by atoms with Crippen LogP contribution in [0.15, 0.2) is 53.5 Å². The number of nitrogens with one attached hydrogen (secondary N) is 1. The monoisotopic (exact) mass is 370 g/mol. The third kappa shape index (κ3) is 3.70. The molecule has 0 radical (unpaired) electrons. The lowest BCUT2D eigenvalue weighted by molar-refractivity contribution is -0.137. The summed E-state index contributed by atoms with van der Waals surface area (Å²) in [6.45, 7) is 1.96. The highest BCUT2D eigenvalue weighted by molar-refractivity contribution is 8.01. The van der Waals surface area contributed by atoms with Crippen molar-refractivity contribution in [2.45, 2.75) is 23.7 Å². The van der Waals surface area contributed by atoms with Gasteiger partial charge in [-0.15, -0.1) is 11.8 Å². The molecule has 1 fully saturated rings. The molecule has 0 aromatic heterocycles. The molecule has 0 saturated carbocycles. The van der Waals surface area contributed by atoms with Crippen LogP contribution in [0.2, 0.25) is 5.02 Å². The first kappa shape index (κ1) is 17.2. The van der Waals surface area contributed by atoms with Crippen molar-refractivity contribution in [3.05, 3.63) is 64.7 Å². The summed E-state index contributed by atoms with van der Waals surface area (Å²) in [5.41, 5.74) is 0.566. The van der Waals surface area contributed by atoms with E-state index in [4.69, 9.17) is 11.6 Å². The van der Waals surface area contributed by atoms with Crippen molar-refractivity contribution in [3.63, 3.8) is 0 Å². The summed E-state index contributed by atoms with van der Waals surface area (Å²) < 4.78 is 38.6. The minimum absolute atomic E-state index is 0.0285. The highest BCUT2D eigenvalue weighted by Gasteiger charge is 2.33. The van der Waals surface area contributed by atoms with Gasteiger partial charge in [-0.2, -0.15) is 13.2 Å². The molecular weight excluding hydrogens is 357 g/mol. The van der Waals surface area contributed by atoms with Crippen LogP contribution in [0.3, 0.4) is 0 Å². The lowest BCUT2D eigenvalue weighted by Gasteiger charge is -2.13. The predicted molar refractivity (Wildman–Crippen MR) is 92.9 cm³/mol. The van der Waals surface area contributed by atoms with Crippen LogP contribution in [0.25, 0.3) is 0 Å². The first-order valence-electron chi connectivity index (χ1n) is 7.27. The Labute approximate surface area is 147 Å². The smallest absolute Gasteiger partial charge is 0.357 e. The Kier molecular flexibility index (Phi) is 4.78. The second-order valence-electron chi connectivity index (χ2n) is 5.37. The van der Waals surface area contributed by atoms with Gasteiger partial charge in [0.25, 0.3) is 0 Å². The summed E-state index contributed by atoms with van der Waals surface area (Å²) in [7, 11) is 0. The molecule has 126 valence electrons. The molecule has 0 spiro atoms. The Bertz CT molecular complexity index is 776. The second kappa shape index (κ2) is 6.69. The largest absolute Gasteiger partial charge is 0.416 e. The highest BCUT2D eigenvalue weighted by atomic mass is 35.5. The minimum atomic E-state index is -4.35. The first-order valence-corrected chi connectivity index (χ1v) is 8.59. The van der Waals surface area contributed by atoms with Crippen LogP contribution in [-0.2, 0) is 6.18 Å². The van der Waals surface area contributed by atoms with Crippen molar-refractivity contribution in [1.82, 2.24) is 5.32 Å². The van der Waals surface area contributed by atoms with Gasteiger partial charge in [0.15, 0.2) is 0 Å². The van der Waals surface area contributed by atoms with Crippen molar-refractivity contribution in [2.24, 2.45) is 4.99 Å². The van der Waals surface area contributed by atoms with E-state index in [0.29, 0.717) is 22.1 Å². The molecule has 0 amide bonds. The zero-order chi connectivity index (χ0) is 17.3. The topological polar surface area (TPSA) is 24.4 Å². The molecule has 2 atom stereocenters. The molecule has 2 aromatic rings. The molecule has 1 N–H and O–H groups in total. The molecule has 2 aromatic carbocycles. The van der Waals surface area contributed by atoms with Crippen LogP contribution in [-0.4, -0.2) is 11.1 Å². The predicted octanol–water partition coefficient (Wildman–Crippen LogP) is 5.81. The highest BCUT2D eigenvalue weighted by Crippen LogP contribution is 2.39. The number of halogens is 4. The number of thioether (sulfide) groups is 1. The molecule has 1 aliphatic heterocycles. The van der Waals surface area contributed by atoms with Gasteiger partial charge < -0.3 is 5.32 Å². The van der Waals surface area contributed by atoms with E-state index in [9.17, 15) is 13.2 Å². The molecule has 2 unspecified atom stereocenters. The Morgan fingerprint density at radius 2 is 1.88 bits per heavy atom. The number of alkyl halides is 3. The van der Waals surface area contributed by atoms with Crippen LogP contribution in [0, 0.1) is 0 Å². The number of amidine groups is 1. The van der Waals surface area contributed by atoms with Crippen LogP contribution in [0.5, 0.6) is 0 Å². The van der Waals surface area contributed by atoms with E-state index in [2.05, 4.69) is 10.3 Å². The van der Waals surface area contributed by atoms with Gasteiger partial charge in [-0.25, -0.2) is 4.99 Å². The van der Waals surface area contributed by atoms with Gasteiger partial charge in [-0.05, 0) is 36.8 Å². The van der Waals surface area contributed by atoms with E-state index in [0.717, 1.165) is 6.07 Å². The molecule has 0 bridgehead atoms. The molecule has 1 aliphatic rings. The van der Waals surface area contributed by atoms with Gasteiger partial charge >= 0.3 is 6.18 Å². The fourth-order valence-corrected chi connectivity index (χ4v) is 3.72. The lowest BCUT2D eigenvalue weighted by Crippen LogP contribution is -2.23. The Hall–Kier alpha value is -1.66. The summed E-state index contributed by atoms with van der Waals surface area (Å²) in [6, 6.07) is 12.6. The van der Waals surface area contributed by atoms with Crippen LogP contribution in [0.4, 0.5) is 18.9 Å². The number of benzene rings is 2. The number of rotatable bonds is 2. The molecule has 1 saturated heterocycles. The Morgan fingerprint density at radius 3 is 2.58 bits per heavy atom. The van der Waals surface area contributed by atoms with E-state index in [-0.39, 0.29) is 10.6 Å². The van der Waals surface area contributed by atoms with Crippen LogP contribution in [0.1, 0.15) is 23.4 Å². The Morgan fingerprint density at radius 1 is 1.12 bits per heavy atom. The number of para-hydroxylation sites is 1. The van der Waals surface area contributed by atoms with Crippen molar-refractivity contribution >= 4 is 34.9 Å². The number of hydrogen-bond donors (Lipinski definition) is 1. The average molecular weight is 371 g/mol.